The van der Waals surface area contributed by atoms with Crippen LogP contribution in [0.2, 0.25) is 0 Å². The molecule has 1 aromatic carbocycles. The minimum absolute atomic E-state index is 0.0328. The van der Waals surface area contributed by atoms with E-state index in [0.29, 0.717) is 24.1 Å². The summed E-state index contributed by atoms with van der Waals surface area (Å²) in [6, 6.07) is 2.68. The van der Waals surface area contributed by atoms with Gasteiger partial charge in [0.15, 0.2) is 0 Å². The van der Waals surface area contributed by atoms with E-state index in [2.05, 4.69) is 0 Å². The van der Waals surface area contributed by atoms with Crippen LogP contribution in [0.25, 0.3) is 0 Å². The van der Waals surface area contributed by atoms with Crippen molar-refractivity contribution in [1.82, 2.24) is 4.31 Å². The van der Waals surface area contributed by atoms with E-state index in [9.17, 15) is 13.2 Å². The molecular weight excluding hydrogens is 294 g/mol. The number of aliphatic hydroxyl groups excluding tert-OH is 1. The van der Waals surface area contributed by atoms with Crippen molar-refractivity contribution < 1.29 is 23.4 Å². The molecule has 1 aliphatic heterocycles. The van der Waals surface area contributed by atoms with Gasteiger partial charge in [0.2, 0.25) is 10.0 Å². The second-order valence-corrected chi connectivity index (χ2v) is 7.33. The SMILES string of the molecule is Cc1cc(C(=O)O)cc(S(=O)(=O)N2CCC(CO)C2)c1C. The van der Waals surface area contributed by atoms with E-state index < -0.39 is 16.0 Å². The third-order valence-corrected chi connectivity index (χ3v) is 5.98. The number of benzene rings is 1. The molecule has 0 saturated carbocycles. The molecule has 1 aromatic rings. The summed E-state index contributed by atoms with van der Waals surface area (Å²) in [4.78, 5) is 11.2. The maximum absolute atomic E-state index is 12.7. The molecule has 6 nitrogen and oxygen atoms in total. The van der Waals surface area contributed by atoms with Crippen LogP contribution < -0.4 is 0 Å². The zero-order chi connectivity index (χ0) is 15.8. The minimum atomic E-state index is -3.73. The Morgan fingerprint density at radius 3 is 2.57 bits per heavy atom. The molecule has 1 heterocycles. The molecule has 1 atom stereocenters. The molecule has 7 heteroatoms. The lowest BCUT2D eigenvalue weighted by molar-refractivity contribution is 0.0696. The first-order valence-electron chi connectivity index (χ1n) is 6.73. The van der Waals surface area contributed by atoms with Crippen molar-refractivity contribution in [2.75, 3.05) is 19.7 Å². The molecule has 2 N–H and O–H groups in total. The molecule has 0 radical (unpaired) electrons. The molecule has 1 fully saturated rings. The fourth-order valence-corrected chi connectivity index (χ4v) is 4.38. The first-order chi connectivity index (χ1) is 9.77. The van der Waals surface area contributed by atoms with Gasteiger partial charge in [-0.25, -0.2) is 13.2 Å². The molecule has 0 bridgehead atoms. The number of rotatable bonds is 4. The number of sulfonamides is 1. The number of hydrogen-bond acceptors (Lipinski definition) is 4. The van der Waals surface area contributed by atoms with E-state index in [4.69, 9.17) is 10.2 Å². The Bertz CT molecular complexity index is 668. The van der Waals surface area contributed by atoms with Crippen LogP contribution in [0.5, 0.6) is 0 Å². The van der Waals surface area contributed by atoms with Gasteiger partial charge in [0.25, 0.3) is 0 Å². The van der Waals surface area contributed by atoms with Crippen molar-refractivity contribution in [2.24, 2.45) is 5.92 Å². The molecule has 1 saturated heterocycles. The summed E-state index contributed by atoms with van der Waals surface area (Å²) in [6.07, 6.45) is 0.617. The third-order valence-electron chi connectivity index (χ3n) is 3.99. The fraction of sp³-hybridized carbons (Fsp3) is 0.500. The molecule has 0 amide bonds. The van der Waals surface area contributed by atoms with Gasteiger partial charge >= 0.3 is 5.97 Å². The van der Waals surface area contributed by atoms with Gasteiger partial charge in [0.1, 0.15) is 0 Å². The zero-order valence-corrected chi connectivity index (χ0v) is 12.9. The number of carboxylic acids is 1. The summed E-state index contributed by atoms with van der Waals surface area (Å²) in [6.45, 7) is 3.95. The molecule has 0 aromatic heterocycles. The van der Waals surface area contributed by atoms with E-state index in [-0.39, 0.29) is 29.5 Å². The van der Waals surface area contributed by atoms with Crippen LogP contribution in [0.15, 0.2) is 17.0 Å². The van der Waals surface area contributed by atoms with Gasteiger partial charge in [-0.15, -0.1) is 0 Å². The quantitative estimate of drug-likeness (QED) is 0.865. The number of aryl methyl sites for hydroxylation is 1. The Balaban J connectivity index is 2.47. The fourth-order valence-electron chi connectivity index (χ4n) is 2.52. The first kappa shape index (κ1) is 15.9. The summed E-state index contributed by atoms with van der Waals surface area (Å²) in [7, 11) is -3.73. The molecule has 2 rings (SSSR count). The Morgan fingerprint density at radius 2 is 2.05 bits per heavy atom. The van der Waals surface area contributed by atoms with Crippen molar-refractivity contribution in [2.45, 2.75) is 25.2 Å². The van der Waals surface area contributed by atoms with Crippen LogP contribution >= 0.6 is 0 Å². The Labute approximate surface area is 124 Å². The molecule has 21 heavy (non-hydrogen) atoms. The summed E-state index contributed by atoms with van der Waals surface area (Å²) in [5.74, 6) is -1.20. The smallest absolute Gasteiger partial charge is 0.335 e. The Kier molecular flexibility index (Phi) is 4.36. The number of nitrogens with zero attached hydrogens (tertiary/aromatic N) is 1. The molecule has 1 aliphatic rings. The van der Waals surface area contributed by atoms with Gasteiger partial charge in [-0.3, -0.25) is 0 Å². The van der Waals surface area contributed by atoms with Gasteiger partial charge in [0.05, 0.1) is 10.5 Å². The van der Waals surface area contributed by atoms with E-state index in [1.54, 1.807) is 13.8 Å². The van der Waals surface area contributed by atoms with E-state index >= 15 is 0 Å². The lowest BCUT2D eigenvalue weighted by Gasteiger charge is -2.19. The third kappa shape index (κ3) is 2.95. The highest BCUT2D eigenvalue weighted by atomic mass is 32.2. The van der Waals surface area contributed by atoms with Gasteiger partial charge in [-0.1, -0.05) is 0 Å². The van der Waals surface area contributed by atoms with Crippen LogP contribution in [0.1, 0.15) is 27.9 Å². The average Bonchev–Trinajstić information content (AvgIpc) is 2.90. The Hall–Kier alpha value is -1.44. The normalized spacial score (nSPS) is 19.9. The van der Waals surface area contributed by atoms with Gasteiger partial charge in [-0.05, 0) is 49.4 Å². The van der Waals surface area contributed by atoms with Gasteiger partial charge in [0, 0.05) is 19.7 Å². The number of aliphatic hydroxyl groups is 1. The van der Waals surface area contributed by atoms with Crippen molar-refractivity contribution in [1.29, 1.82) is 0 Å². The highest BCUT2D eigenvalue weighted by Gasteiger charge is 2.33. The summed E-state index contributed by atoms with van der Waals surface area (Å²) < 4.78 is 26.7. The van der Waals surface area contributed by atoms with E-state index in [1.807, 2.05) is 0 Å². The summed E-state index contributed by atoms with van der Waals surface area (Å²) in [5, 5.41) is 18.2. The van der Waals surface area contributed by atoms with Crippen molar-refractivity contribution >= 4 is 16.0 Å². The highest BCUT2D eigenvalue weighted by Crippen LogP contribution is 2.28. The largest absolute Gasteiger partial charge is 0.478 e. The molecule has 0 aliphatic carbocycles. The van der Waals surface area contributed by atoms with E-state index in [0.717, 1.165) is 0 Å². The van der Waals surface area contributed by atoms with Gasteiger partial charge < -0.3 is 10.2 Å². The predicted octanol–water partition coefficient (Wildman–Crippen LogP) is 1.00. The van der Waals surface area contributed by atoms with Crippen LogP contribution in [0, 0.1) is 19.8 Å². The zero-order valence-electron chi connectivity index (χ0n) is 12.0. The molecule has 116 valence electrons. The number of carbonyl (C=O) groups is 1. The highest BCUT2D eigenvalue weighted by molar-refractivity contribution is 7.89. The second kappa shape index (κ2) is 5.75. The first-order valence-corrected chi connectivity index (χ1v) is 8.17. The van der Waals surface area contributed by atoms with Crippen LogP contribution in [0.3, 0.4) is 0 Å². The van der Waals surface area contributed by atoms with Crippen LogP contribution in [0.4, 0.5) is 0 Å². The van der Waals surface area contributed by atoms with Gasteiger partial charge in [-0.2, -0.15) is 4.31 Å². The molecular formula is C14H19NO5S. The monoisotopic (exact) mass is 313 g/mol. The predicted molar refractivity (Wildman–Crippen MR) is 76.8 cm³/mol. The van der Waals surface area contributed by atoms with Crippen molar-refractivity contribution in [3.63, 3.8) is 0 Å². The lowest BCUT2D eigenvalue weighted by atomic mass is 10.1. The number of hydrogen-bond donors (Lipinski definition) is 2. The van der Waals surface area contributed by atoms with Crippen molar-refractivity contribution in [3.8, 4) is 0 Å². The second-order valence-electron chi connectivity index (χ2n) is 5.42. The van der Waals surface area contributed by atoms with Crippen molar-refractivity contribution in [3.05, 3.63) is 28.8 Å². The summed E-state index contributed by atoms with van der Waals surface area (Å²) in [5.41, 5.74) is 1.16. The standard InChI is InChI=1S/C14H19NO5S/c1-9-5-12(14(17)18)6-13(10(9)2)21(19,20)15-4-3-11(7-15)8-16/h5-6,11,16H,3-4,7-8H2,1-2H3,(H,17,18). The van der Waals surface area contributed by atoms with E-state index in [1.165, 1.54) is 16.4 Å². The average molecular weight is 313 g/mol. The maximum Gasteiger partial charge on any atom is 0.335 e. The topological polar surface area (TPSA) is 94.9 Å². The summed E-state index contributed by atoms with van der Waals surface area (Å²) >= 11 is 0. The van der Waals surface area contributed by atoms with Crippen LogP contribution in [-0.2, 0) is 10.0 Å². The minimum Gasteiger partial charge on any atom is -0.478 e. The number of carboxylic acid groups (broad SMARTS) is 1. The number of aromatic carboxylic acids is 1. The molecule has 1 unspecified atom stereocenters. The lowest BCUT2D eigenvalue weighted by Crippen LogP contribution is -2.30. The Morgan fingerprint density at radius 1 is 1.38 bits per heavy atom. The maximum atomic E-state index is 12.7. The molecule has 0 spiro atoms. The van der Waals surface area contributed by atoms with Crippen LogP contribution in [-0.4, -0.2) is 48.6 Å².